The van der Waals surface area contributed by atoms with Gasteiger partial charge in [-0.3, -0.25) is 0 Å². The van der Waals surface area contributed by atoms with Crippen LogP contribution in [0.2, 0.25) is 13.1 Å². The summed E-state index contributed by atoms with van der Waals surface area (Å²) >= 11 is -5.87. The summed E-state index contributed by atoms with van der Waals surface area (Å²) in [6.45, 7) is 15.9. The average molecular weight is 1020 g/mol. The van der Waals surface area contributed by atoms with E-state index in [0.29, 0.717) is 59.4 Å². The summed E-state index contributed by atoms with van der Waals surface area (Å²) in [7, 11) is 17.1. The molecule has 2 aliphatic rings. The normalized spacial score (nSPS) is 18.3. The Morgan fingerprint density at radius 2 is 0.774 bits per heavy atom. The third-order valence-corrected chi connectivity index (χ3v) is 63.6. The van der Waals surface area contributed by atoms with Crippen molar-refractivity contribution in [1.82, 2.24) is 0 Å². The zero-order valence-corrected chi connectivity index (χ0v) is 40.1. The third-order valence-electron chi connectivity index (χ3n) is 11.8. The molecule has 2 atom stereocenters. The molecule has 0 saturated heterocycles. The van der Waals surface area contributed by atoms with E-state index >= 15 is 0 Å². The van der Waals surface area contributed by atoms with Crippen LogP contribution in [0.4, 0.5) is 52.7 Å². The van der Waals surface area contributed by atoms with E-state index in [2.05, 4.69) is 0 Å². The quantitative estimate of drug-likeness (QED) is 0.128. The van der Waals surface area contributed by atoms with Gasteiger partial charge in [0.2, 0.25) is 0 Å². The molecule has 0 nitrogen and oxygen atoms in total. The summed E-state index contributed by atoms with van der Waals surface area (Å²) in [6, 6.07) is 12.5. The van der Waals surface area contributed by atoms with E-state index in [1.165, 1.54) is 12.1 Å². The Hall–Kier alpha value is -2.80. The number of halogens is 14. The van der Waals surface area contributed by atoms with Crippen molar-refractivity contribution in [2.75, 3.05) is 0 Å². The first-order chi connectivity index (χ1) is 28.0. The van der Waals surface area contributed by atoms with Gasteiger partial charge in [0, 0.05) is 0 Å². The van der Waals surface area contributed by atoms with Gasteiger partial charge in [0.15, 0.2) is 0 Å². The summed E-state index contributed by atoms with van der Waals surface area (Å²) in [5, 5.41) is 0. The average Bonchev–Trinajstić information content (AvgIpc) is 3.66. The minimum atomic E-state index is -5.87. The Bertz CT molecular complexity index is 2250. The van der Waals surface area contributed by atoms with Crippen molar-refractivity contribution >= 4 is 35.1 Å². The molecule has 16 heteroatoms. The van der Waals surface area contributed by atoms with Crippen molar-refractivity contribution < 1.29 is 68.2 Å². The fourth-order valence-corrected chi connectivity index (χ4v) is 40.6. The molecule has 4 aromatic carbocycles. The topological polar surface area (TPSA) is 0 Å². The molecule has 4 aromatic rings. The summed E-state index contributed by atoms with van der Waals surface area (Å²) in [6.07, 6.45) is -16.0. The fourth-order valence-electron chi connectivity index (χ4n) is 9.32. The van der Waals surface area contributed by atoms with E-state index in [1.807, 2.05) is 54.6 Å². The van der Waals surface area contributed by atoms with Crippen LogP contribution in [-0.2, 0) is 40.3 Å². The second kappa shape index (κ2) is 15.7. The molecule has 6 rings (SSSR count). The van der Waals surface area contributed by atoms with Crippen LogP contribution in [0.25, 0.3) is 34.4 Å². The molecule has 0 fully saturated rings. The van der Waals surface area contributed by atoms with Crippen LogP contribution in [0, 0.1) is 10.8 Å². The second-order valence-electron chi connectivity index (χ2n) is 19.4. The van der Waals surface area contributed by atoms with Crippen molar-refractivity contribution in [3.05, 3.63) is 128 Å². The van der Waals surface area contributed by atoms with Crippen LogP contribution in [0.1, 0.15) is 106 Å². The maximum absolute atomic E-state index is 14.2. The third kappa shape index (κ3) is 9.32. The standard InChI is InChI=1S/2C22H19F6.C2H7Si.2ClH.Zr/c2*1-20(2,3)12-13-7-14-5-4-6-18(19(14)8-13)15-9-16(21(23,24)25)11-17(10-15)22(26,27)28;1-3-2;;;/h2*4-11H,12H2,1-3H3;3H,1-2H3;2*1H;/q;;;;;+2/p-2. The Labute approximate surface area is 362 Å². The van der Waals surface area contributed by atoms with Gasteiger partial charge in [-0.1, -0.05) is 0 Å². The summed E-state index contributed by atoms with van der Waals surface area (Å²) < 4.78 is 168. The van der Waals surface area contributed by atoms with Crippen molar-refractivity contribution in [1.29, 1.82) is 0 Å². The van der Waals surface area contributed by atoms with Gasteiger partial charge < -0.3 is 0 Å². The van der Waals surface area contributed by atoms with Gasteiger partial charge in [-0.05, 0) is 0 Å². The molecule has 2 unspecified atom stereocenters. The molecule has 0 amide bonds. The molecular weight excluding hydrogens is 971 g/mol. The fraction of sp³-hybridized carbons (Fsp3) is 0.391. The van der Waals surface area contributed by atoms with Crippen LogP contribution < -0.4 is 0 Å². The predicted molar refractivity (Wildman–Crippen MR) is 224 cm³/mol. The van der Waals surface area contributed by atoms with E-state index in [-0.39, 0.29) is 34.4 Å². The Morgan fingerprint density at radius 1 is 0.484 bits per heavy atom. The van der Waals surface area contributed by atoms with E-state index in [4.69, 9.17) is 17.0 Å². The molecule has 0 N–H and O–H groups in total. The van der Waals surface area contributed by atoms with Gasteiger partial charge in [-0.15, -0.1) is 0 Å². The zero-order chi connectivity index (χ0) is 46.6. The number of hydrogen-bond donors (Lipinski definition) is 0. The molecule has 0 aliphatic heterocycles. The summed E-state index contributed by atoms with van der Waals surface area (Å²) in [4.78, 5) is 0. The van der Waals surface area contributed by atoms with Crippen LogP contribution in [0.15, 0.2) is 83.9 Å². The molecule has 0 heterocycles. The van der Waals surface area contributed by atoms with E-state index in [1.54, 1.807) is 36.4 Å². The van der Waals surface area contributed by atoms with Gasteiger partial charge in [-0.2, -0.15) is 0 Å². The first-order valence-electron chi connectivity index (χ1n) is 19.8. The van der Waals surface area contributed by atoms with Crippen LogP contribution in [-0.4, -0.2) is 5.92 Å². The molecular formula is C46H45Cl2F12SiZr. The molecule has 0 spiro atoms. The molecule has 335 valence electrons. The molecule has 62 heavy (non-hydrogen) atoms. The maximum atomic E-state index is 14.2. The Balaban J connectivity index is 1.67. The van der Waals surface area contributed by atoms with E-state index < -0.39 is 86.5 Å². The van der Waals surface area contributed by atoms with Crippen LogP contribution in [0.3, 0.4) is 0 Å². The van der Waals surface area contributed by atoms with E-state index in [9.17, 15) is 52.7 Å². The SMILES string of the molecule is C[SiH](C)[Zr]([Cl])([Cl])([CH]1C(CC(C)(C)C)=Cc2c(-c3cc(C(F)(F)F)cc(C(F)(F)F)c3)cccc21)[CH]1C(CC(C)(C)C)=Cc2c(-c3cc(C(F)(F)F)cc(C(F)(F)F)c3)cccc21. The molecule has 0 bridgehead atoms. The number of fused-ring (bicyclic) bond motifs is 2. The number of rotatable bonds is 7. The van der Waals surface area contributed by atoms with Gasteiger partial charge in [0.1, 0.15) is 0 Å². The van der Waals surface area contributed by atoms with Crippen LogP contribution in [0.5, 0.6) is 0 Å². The van der Waals surface area contributed by atoms with Crippen molar-refractivity contribution in [3.8, 4) is 22.3 Å². The zero-order valence-electron chi connectivity index (χ0n) is 35.0. The minimum absolute atomic E-state index is 0.0763. The van der Waals surface area contributed by atoms with Gasteiger partial charge in [0.05, 0.1) is 0 Å². The number of allylic oxidation sites excluding steroid dienone is 2. The predicted octanol–water partition coefficient (Wildman–Crippen LogP) is 17.5. The Kier molecular flexibility index (Phi) is 12.3. The molecule has 2 aliphatic carbocycles. The van der Waals surface area contributed by atoms with Crippen molar-refractivity contribution in [3.63, 3.8) is 0 Å². The number of hydrogen-bond acceptors (Lipinski definition) is 0. The second-order valence-corrected chi connectivity index (χ2v) is 61.9. The number of alkyl halides is 12. The monoisotopic (exact) mass is 1010 g/mol. The van der Waals surface area contributed by atoms with Gasteiger partial charge in [-0.25, -0.2) is 0 Å². The van der Waals surface area contributed by atoms with Gasteiger partial charge >= 0.3 is 364 Å². The van der Waals surface area contributed by atoms with E-state index in [0.717, 1.165) is 11.1 Å². The van der Waals surface area contributed by atoms with Crippen molar-refractivity contribution in [2.45, 2.75) is 99.4 Å². The molecule has 0 radical (unpaired) electrons. The molecule has 0 aromatic heterocycles. The first kappa shape index (κ1) is 48.7. The number of benzene rings is 4. The Morgan fingerprint density at radius 3 is 1.02 bits per heavy atom. The summed E-state index contributed by atoms with van der Waals surface area (Å²) in [5.74, 6) is -2.39. The van der Waals surface area contributed by atoms with Crippen molar-refractivity contribution in [2.24, 2.45) is 10.8 Å². The van der Waals surface area contributed by atoms with Gasteiger partial charge in [0.25, 0.3) is 0 Å². The molecule has 0 saturated carbocycles. The summed E-state index contributed by atoms with van der Waals surface area (Å²) in [5.41, 5.74) is -3.72. The van der Waals surface area contributed by atoms with Crippen LogP contribution >= 0.6 is 17.0 Å². The first-order valence-corrected chi connectivity index (χ1v) is 36.2.